The lowest BCUT2D eigenvalue weighted by Gasteiger charge is -2.19. The Kier molecular flexibility index (Phi) is 34.3. The zero-order valence-corrected chi connectivity index (χ0v) is 28.9. The molecule has 0 aromatic heterocycles. The van der Waals surface area contributed by atoms with E-state index in [2.05, 4.69) is 6.92 Å². The van der Waals surface area contributed by atoms with Crippen molar-refractivity contribution in [3.63, 3.8) is 0 Å². The van der Waals surface area contributed by atoms with Gasteiger partial charge in [-0.05, 0) is 27.2 Å². The first-order chi connectivity index (χ1) is 21.5. The lowest BCUT2D eigenvalue weighted by Crippen LogP contribution is -2.24. The molecule has 0 rings (SSSR count). The van der Waals surface area contributed by atoms with Crippen LogP contribution in [-0.2, 0) is 47.4 Å². The molecule has 0 saturated heterocycles. The molecule has 0 aromatic carbocycles. The van der Waals surface area contributed by atoms with Gasteiger partial charge in [0.05, 0.1) is 106 Å². The summed E-state index contributed by atoms with van der Waals surface area (Å²) in [6.07, 6.45) is 15.1. The lowest BCUT2D eigenvalue weighted by molar-refractivity contribution is -0.156. The van der Waals surface area contributed by atoms with E-state index in [1.165, 1.54) is 64.2 Å². The summed E-state index contributed by atoms with van der Waals surface area (Å²) in [6.45, 7) is 16.3. The highest BCUT2D eigenvalue weighted by Crippen LogP contribution is 2.11. The predicted molar refractivity (Wildman–Crippen MR) is 173 cm³/mol. The van der Waals surface area contributed by atoms with Crippen LogP contribution in [0.5, 0.6) is 0 Å². The number of unbranched alkanes of at least 4 members (excludes halogenated alkanes) is 10. The van der Waals surface area contributed by atoms with Gasteiger partial charge in [0.15, 0.2) is 0 Å². The van der Waals surface area contributed by atoms with Crippen LogP contribution in [0.1, 0.15) is 105 Å². The summed E-state index contributed by atoms with van der Waals surface area (Å²) in [5.74, 6) is -0.257. The van der Waals surface area contributed by atoms with E-state index >= 15 is 0 Å². The Morgan fingerprint density at radius 2 is 0.659 bits per heavy atom. The Bertz CT molecular complexity index is 571. The normalized spacial score (nSPS) is 11.8. The predicted octanol–water partition coefficient (Wildman–Crippen LogP) is 6.16. The second-order valence-corrected chi connectivity index (χ2v) is 11.8. The van der Waals surface area contributed by atoms with Crippen LogP contribution in [-0.4, -0.2) is 117 Å². The van der Waals surface area contributed by atoms with Crippen LogP contribution in [0, 0.1) is 0 Å². The number of carbonyl (C=O) groups excluding carboxylic acids is 1. The van der Waals surface area contributed by atoms with Gasteiger partial charge in [0.2, 0.25) is 0 Å². The second-order valence-electron chi connectivity index (χ2n) is 11.8. The summed E-state index contributed by atoms with van der Waals surface area (Å²) in [4.78, 5) is 11.6. The van der Waals surface area contributed by atoms with E-state index in [-0.39, 0.29) is 12.4 Å². The minimum absolute atomic E-state index is 0.241. The standard InChI is InChI=1S/C34H68O10/c1-5-6-7-8-9-10-11-12-13-14-15-17-36-19-21-38-23-25-40-27-29-42-31-32-43-30-28-41-26-24-39-22-20-37-18-16-33(35)44-34(2,3)4/h5-32H2,1-4H3. The van der Waals surface area contributed by atoms with Crippen molar-refractivity contribution in [2.75, 3.05) is 106 Å². The molecule has 0 aliphatic heterocycles. The first kappa shape index (κ1) is 43.1. The largest absolute Gasteiger partial charge is 0.460 e. The Hall–Kier alpha value is -0.850. The summed E-state index contributed by atoms with van der Waals surface area (Å²) >= 11 is 0. The molecule has 0 bridgehead atoms. The van der Waals surface area contributed by atoms with Crippen LogP contribution >= 0.6 is 0 Å². The maximum Gasteiger partial charge on any atom is 0.308 e. The minimum atomic E-state index is -0.466. The number of ether oxygens (including phenoxy) is 9. The van der Waals surface area contributed by atoms with Crippen LogP contribution in [0.15, 0.2) is 0 Å². The van der Waals surface area contributed by atoms with Gasteiger partial charge in [-0.15, -0.1) is 0 Å². The smallest absolute Gasteiger partial charge is 0.308 e. The van der Waals surface area contributed by atoms with Gasteiger partial charge in [-0.25, -0.2) is 0 Å². The highest BCUT2D eigenvalue weighted by atomic mass is 16.6. The molecule has 10 heteroatoms. The first-order valence-corrected chi connectivity index (χ1v) is 17.3. The second kappa shape index (κ2) is 35.0. The van der Waals surface area contributed by atoms with Crippen LogP contribution in [0.25, 0.3) is 0 Å². The molecular weight excluding hydrogens is 568 g/mol. The molecule has 44 heavy (non-hydrogen) atoms. The molecule has 0 fully saturated rings. The van der Waals surface area contributed by atoms with Gasteiger partial charge in [-0.1, -0.05) is 71.1 Å². The topological polar surface area (TPSA) is 100 Å². The van der Waals surface area contributed by atoms with Crippen LogP contribution < -0.4 is 0 Å². The SMILES string of the molecule is CCCCCCCCCCCCCOCCOCCOCCOCCOCCOCCOCCOCCC(=O)OC(C)(C)C. The van der Waals surface area contributed by atoms with Gasteiger partial charge in [-0.3, -0.25) is 4.79 Å². The summed E-state index contributed by atoms with van der Waals surface area (Å²) in [5.41, 5.74) is -0.466. The Balaban J connectivity index is 3.09. The van der Waals surface area contributed by atoms with E-state index in [1.54, 1.807) is 0 Å². The van der Waals surface area contributed by atoms with E-state index in [9.17, 15) is 4.79 Å². The first-order valence-electron chi connectivity index (χ1n) is 17.3. The number of hydrogen-bond donors (Lipinski definition) is 0. The minimum Gasteiger partial charge on any atom is -0.460 e. The summed E-state index contributed by atoms with van der Waals surface area (Å²) in [7, 11) is 0. The van der Waals surface area contributed by atoms with E-state index in [4.69, 9.17) is 42.6 Å². The van der Waals surface area contributed by atoms with Gasteiger partial charge >= 0.3 is 5.97 Å². The highest BCUT2D eigenvalue weighted by Gasteiger charge is 2.15. The summed E-state index contributed by atoms with van der Waals surface area (Å²) < 4.78 is 49.2. The number of rotatable bonds is 36. The molecule has 0 radical (unpaired) electrons. The maximum absolute atomic E-state index is 11.6. The van der Waals surface area contributed by atoms with Gasteiger partial charge in [0.1, 0.15) is 5.60 Å². The number of hydrogen-bond acceptors (Lipinski definition) is 10. The quantitative estimate of drug-likeness (QED) is 0.0587. The molecule has 0 amide bonds. The Labute approximate surface area is 269 Å². The van der Waals surface area contributed by atoms with Crippen molar-refractivity contribution in [3.8, 4) is 0 Å². The van der Waals surface area contributed by atoms with Crippen LogP contribution in [0.3, 0.4) is 0 Å². The van der Waals surface area contributed by atoms with E-state index in [0.29, 0.717) is 99.1 Å². The molecule has 0 unspecified atom stereocenters. The molecule has 264 valence electrons. The van der Waals surface area contributed by atoms with Crippen molar-refractivity contribution < 1.29 is 47.4 Å². The molecule has 0 heterocycles. The molecule has 10 nitrogen and oxygen atoms in total. The van der Waals surface area contributed by atoms with E-state index < -0.39 is 5.60 Å². The monoisotopic (exact) mass is 636 g/mol. The number of carbonyl (C=O) groups is 1. The maximum atomic E-state index is 11.6. The Morgan fingerprint density at radius 3 is 0.977 bits per heavy atom. The van der Waals surface area contributed by atoms with Gasteiger partial charge < -0.3 is 42.6 Å². The fourth-order valence-electron chi connectivity index (χ4n) is 4.06. The molecule has 0 saturated carbocycles. The summed E-state index contributed by atoms with van der Waals surface area (Å²) in [6, 6.07) is 0. The van der Waals surface area contributed by atoms with Crippen LogP contribution in [0.4, 0.5) is 0 Å². The molecule has 0 aliphatic carbocycles. The van der Waals surface area contributed by atoms with E-state index in [1.807, 2.05) is 20.8 Å². The zero-order valence-electron chi connectivity index (χ0n) is 28.9. The lowest BCUT2D eigenvalue weighted by atomic mass is 10.1. The molecule has 0 atom stereocenters. The Morgan fingerprint density at radius 1 is 0.386 bits per heavy atom. The van der Waals surface area contributed by atoms with Gasteiger partial charge in [-0.2, -0.15) is 0 Å². The van der Waals surface area contributed by atoms with Gasteiger partial charge in [0.25, 0.3) is 0 Å². The average Bonchev–Trinajstić information content (AvgIpc) is 2.98. The molecule has 0 N–H and O–H groups in total. The highest BCUT2D eigenvalue weighted by molar-refractivity contribution is 5.69. The van der Waals surface area contributed by atoms with E-state index in [0.717, 1.165) is 13.0 Å². The third kappa shape index (κ3) is 39.2. The molecular formula is C34H68O10. The molecule has 0 aromatic rings. The average molecular weight is 637 g/mol. The molecule has 0 aliphatic rings. The van der Waals surface area contributed by atoms with Crippen molar-refractivity contribution in [1.29, 1.82) is 0 Å². The van der Waals surface area contributed by atoms with Crippen molar-refractivity contribution in [2.45, 2.75) is 110 Å². The van der Waals surface area contributed by atoms with Crippen molar-refractivity contribution in [1.82, 2.24) is 0 Å². The fourth-order valence-corrected chi connectivity index (χ4v) is 4.06. The summed E-state index contributed by atoms with van der Waals surface area (Å²) in [5, 5.41) is 0. The van der Waals surface area contributed by atoms with Crippen molar-refractivity contribution in [2.24, 2.45) is 0 Å². The fraction of sp³-hybridized carbons (Fsp3) is 0.971. The van der Waals surface area contributed by atoms with Gasteiger partial charge in [0, 0.05) is 6.61 Å². The van der Waals surface area contributed by atoms with Crippen molar-refractivity contribution in [3.05, 3.63) is 0 Å². The third-order valence-corrected chi connectivity index (χ3v) is 6.37. The van der Waals surface area contributed by atoms with Crippen LogP contribution in [0.2, 0.25) is 0 Å². The molecule has 0 spiro atoms. The number of esters is 1. The zero-order chi connectivity index (χ0) is 32.2. The van der Waals surface area contributed by atoms with Crippen molar-refractivity contribution >= 4 is 5.97 Å². The third-order valence-electron chi connectivity index (χ3n) is 6.37.